The van der Waals surface area contributed by atoms with Crippen LogP contribution in [0.5, 0.6) is 0 Å². The molecule has 0 aliphatic rings. The van der Waals surface area contributed by atoms with E-state index in [-0.39, 0.29) is 11.2 Å². The van der Waals surface area contributed by atoms with Crippen LogP contribution < -0.4 is 10.7 Å². The minimum atomic E-state index is -0.829. The van der Waals surface area contributed by atoms with Gasteiger partial charge < -0.3 is 14.5 Å². The number of methoxy groups -OCH3 is 1. The molecule has 1 aromatic heterocycles. The van der Waals surface area contributed by atoms with E-state index in [1.165, 1.54) is 14.0 Å². The second kappa shape index (κ2) is 5.56. The number of nitrogens with one attached hydrogen (secondary N) is 1. The Hall–Kier alpha value is -2.63. The summed E-state index contributed by atoms with van der Waals surface area (Å²) in [5.41, 5.74) is -0.00130. The van der Waals surface area contributed by atoms with E-state index in [2.05, 4.69) is 10.1 Å². The molecule has 0 fully saturated rings. The van der Waals surface area contributed by atoms with Gasteiger partial charge in [-0.05, 0) is 19.1 Å². The van der Waals surface area contributed by atoms with Gasteiger partial charge in [-0.2, -0.15) is 0 Å². The highest BCUT2D eigenvalue weighted by Gasteiger charge is 2.19. The van der Waals surface area contributed by atoms with Gasteiger partial charge in [0.15, 0.2) is 11.2 Å². The van der Waals surface area contributed by atoms with E-state index in [1.807, 2.05) is 0 Å². The quantitative estimate of drug-likeness (QED) is 0.847. The molecule has 2 aromatic rings. The van der Waals surface area contributed by atoms with Crippen LogP contribution in [0.2, 0.25) is 0 Å². The number of fused-ring (bicyclic) bond motifs is 1. The Morgan fingerprint density at radius 2 is 2.00 bits per heavy atom. The van der Waals surface area contributed by atoms with Crippen LogP contribution in [0.1, 0.15) is 17.5 Å². The zero-order valence-corrected chi connectivity index (χ0v) is 11.0. The molecule has 1 heterocycles. The molecule has 1 aromatic carbocycles. The van der Waals surface area contributed by atoms with Gasteiger partial charge in [-0.15, -0.1) is 0 Å². The predicted octanol–water partition coefficient (Wildman–Crippen LogP) is 1.08. The highest BCUT2D eigenvalue weighted by Crippen LogP contribution is 2.11. The van der Waals surface area contributed by atoms with E-state index in [9.17, 15) is 14.4 Å². The van der Waals surface area contributed by atoms with Gasteiger partial charge in [-0.1, -0.05) is 12.1 Å². The topological polar surface area (TPSA) is 85.6 Å². The summed E-state index contributed by atoms with van der Waals surface area (Å²) in [6, 6.07) is 6.88. The number of amides is 1. The lowest BCUT2D eigenvalue weighted by Gasteiger charge is -2.10. The van der Waals surface area contributed by atoms with Crippen molar-refractivity contribution in [3.63, 3.8) is 0 Å². The second-order valence-electron chi connectivity index (χ2n) is 4.19. The van der Waals surface area contributed by atoms with Crippen molar-refractivity contribution in [1.29, 1.82) is 0 Å². The molecular weight excluding hydrogens is 262 g/mol. The Morgan fingerprint density at radius 1 is 1.30 bits per heavy atom. The third-order valence-corrected chi connectivity index (χ3v) is 2.76. The second-order valence-corrected chi connectivity index (χ2v) is 4.19. The van der Waals surface area contributed by atoms with E-state index in [0.717, 1.165) is 6.07 Å². The average Bonchev–Trinajstić information content (AvgIpc) is 2.46. The fraction of sp³-hybridized carbons (Fsp3) is 0.214. The van der Waals surface area contributed by atoms with Crippen molar-refractivity contribution >= 4 is 22.8 Å². The molecule has 0 saturated heterocycles. The normalized spacial score (nSPS) is 11.9. The summed E-state index contributed by atoms with van der Waals surface area (Å²) in [6.07, 6.45) is 0. The van der Waals surface area contributed by atoms with Gasteiger partial charge in [0.05, 0.1) is 12.5 Å². The van der Waals surface area contributed by atoms with Gasteiger partial charge in [0.25, 0.3) is 5.91 Å². The number of hydrogen-bond donors (Lipinski definition) is 1. The molecule has 1 unspecified atom stereocenters. The Labute approximate surface area is 114 Å². The van der Waals surface area contributed by atoms with Crippen molar-refractivity contribution in [1.82, 2.24) is 5.32 Å². The van der Waals surface area contributed by atoms with E-state index < -0.39 is 17.9 Å². The van der Waals surface area contributed by atoms with Crippen LogP contribution in [-0.4, -0.2) is 25.0 Å². The fourth-order valence-corrected chi connectivity index (χ4v) is 1.72. The standard InChI is InChI=1S/C14H13NO5/c1-8(14(18)19-2)15-13(17)12-7-10(16)9-5-3-4-6-11(9)20-12/h3-8H,1-2H3,(H,15,17). The van der Waals surface area contributed by atoms with Gasteiger partial charge in [-0.3, -0.25) is 9.59 Å². The monoisotopic (exact) mass is 275 g/mol. The van der Waals surface area contributed by atoms with Crippen molar-refractivity contribution in [3.8, 4) is 0 Å². The maximum Gasteiger partial charge on any atom is 0.328 e. The largest absolute Gasteiger partial charge is 0.467 e. The highest BCUT2D eigenvalue weighted by molar-refractivity contribution is 5.95. The Bertz CT molecular complexity index is 719. The summed E-state index contributed by atoms with van der Waals surface area (Å²) >= 11 is 0. The molecule has 6 heteroatoms. The van der Waals surface area contributed by atoms with Crippen molar-refractivity contribution in [3.05, 3.63) is 46.3 Å². The van der Waals surface area contributed by atoms with Gasteiger partial charge in [0.2, 0.25) is 0 Å². The number of esters is 1. The summed E-state index contributed by atoms with van der Waals surface area (Å²) in [4.78, 5) is 35.0. The first-order valence-electron chi connectivity index (χ1n) is 5.94. The number of benzene rings is 1. The number of ether oxygens (including phenoxy) is 1. The van der Waals surface area contributed by atoms with E-state index in [0.29, 0.717) is 11.0 Å². The maximum atomic E-state index is 11.9. The van der Waals surface area contributed by atoms with Crippen LogP contribution in [-0.2, 0) is 9.53 Å². The summed E-state index contributed by atoms with van der Waals surface area (Å²) in [5, 5.41) is 2.79. The highest BCUT2D eigenvalue weighted by atomic mass is 16.5. The van der Waals surface area contributed by atoms with Crippen LogP contribution >= 0.6 is 0 Å². The lowest BCUT2D eigenvalue weighted by Crippen LogP contribution is -2.39. The van der Waals surface area contributed by atoms with Crippen molar-refractivity contribution < 1.29 is 18.7 Å². The third-order valence-electron chi connectivity index (χ3n) is 2.76. The van der Waals surface area contributed by atoms with Crippen LogP contribution in [0.4, 0.5) is 0 Å². The first-order chi connectivity index (χ1) is 9.52. The van der Waals surface area contributed by atoms with E-state index >= 15 is 0 Å². The van der Waals surface area contributed by atoms with E-state index in [4.69, 9.17) is 4.42 Å². The zero-order chi connectivity index (χ0) is 14.7. The molecule has 2 rings (SSSR count). The fourth-order valence-electron chi connectivity index (χ4n) is 1.72. The molecule has 104 valence electrons. The average molecular weight is 275 g/mol. The lowest BCUT2D eigenvalue weighted by molar-refractivity contribution is -0.142. The van der Waals surface area contributed by atoms with Crippen LogP contribution in [0.25, 0.3) is 11.0 Å². The van der Waals surface area contributed by atoms with Crippen LogP contribution in [0.3, 0.4) is 0 Å². The first-order valence-corrected chi connectivity index (χ1v) is 5.94. The summed E-state index contributed by atoms with van der Waals surface area (Å²) < 4.78 is 9.85. The van der Waals surface area contributed by atoms with Crippen LogP contribution in [0.15, 0.2) is 39.5 Å². The van der Waals surface area contributed by atoms with Crippen molar-refractivity contribution in [2.24, 2.45) is 0 Å². The number of carbonyl (C=O) groups excluding carboxylic acids is 2. The number of para-hydroxylation sites is 1. The van der Waals surface area contributed by atoms with Crippen molar-refractivity contribution in [2.45, 2.75) is 13.0 Å². The molecular formula is C14H13NO5. The molecule has 0 spiro atoms. The molecule has 0 aliphatic carbocycles. The number of rotatable bonds is 3. The molecule has 0 radical (unpaired) electrons. The lowest BCUT2D eigenvalue weighted by atomic mass is 10.2. The predicted molar refractivity (Wildman–Crippen MR) is 71.4 cm³/mol. The SMILES string of the molecule is COC(=O)C(C)NC(=O)c1cc(=O)c2ccccc2o1. The third kappa shape index (κ3) is 2.69. The summed E-state index contributed by atoms with van der Waals surface area (Å²) in [6.45, 7) is 1.48. The zero-order valence-electron chi connectivity index (χ0n) is 11.0. The minimum Gasteiger partial charge on any atom is -0.467 e. The summed E-state index contributed by atoms with van der Waals surface area (Å²) in [7, 11) is 1.22. The van der Waals surface area contributed by atoms with Crippen molar-refractivity contribution in [2.75, 3.05) is 7.11 Å². The molecule has 1 atom stereocenters. The van der Waals surface area contributed by atoms with E-state index in [1.54, 1.807) is 24.3 Å². The molecule has 0 aliphatic heterocycles. The number of hydrogen-bond acceptors (Lipinski definition) is 5. The minimum absolute atomic E-state index is 0.149. The molecule has 6 nitrogen and oxygen atoms in total. The first kappa shape index (κ1) is 13.8. The van der Waals surface area contributed by atoms with Crippen LogP contribution in [0, 0.1) is 0 Å². The van der Waals surface area contributed by atoms with Gasteiger partial charge in [0, 0.05) is 6.07 Å². The van der Waals surface area contributed by atoms with Gasteiger partial charge in [0.1, 0.15) is 11.6 Å². The molecule has 1 N–H and O–H groups in total. The molecule has 0 bridgehead atoms. The number of carbonyl (C=O) groups is 2. The molecule has 20 heavy (non-hydrogen) atoms. The summed E-state index contributed by atoms with van der Waals surface area (Å²) in [5.74, 6) is -1.38. The molecule has 0 saturated carbocycles. The smallest absolute Gasteiger partial charge is 0.328 e. The Morgan fingerprint density at radius 3 is 2.70 bits per heavy atom. The van der Waals surface area contributed by atoms with Gasteiger partial charge in [-0.25, -0.2) is 4.79 Å². The Kier molecular flexibility index (Phi) is 3.84. The molecule has 1 amide bonds. The Balaban J connectivity index is 2.31. The maximum absolute atomic E-state index is 11.9. The van der Waals surface area contributed by atoms with Gasteiger partial charge >= 0.3 is 5.97 Å².